The lowest BCUT2D eigenvalue weighted by Crippen LogP contribution is -2.41. The summed E-state index contributed by atoms with van der Waals surface area (Å²) in [6, 6.07) is 83.2. The number of rotatable bonds is 26. The van der Waals surface area contributed by atoms with E-state index in [2.05, 4.69) is 260 Å². The number of nitrogens with zero attached hydrogens (tertiary/aromatic N) is 3. The summed E-state index contributed by atoms with van der Waals surface area (Å²) in [6.07, 6.45) is 0. The third-order valence-electron chi connectivity index (χ3n) is 19.5. The number of aromatic nitrogens is 3. The lowest BCUT2D eigenvalue weighted by atomic mass is 9.87. The number of halogens is 2. The van der Waals surface area contributed by atoms with E-state index in [9.17, 15) is 0 Å². The maximum atomic E-state index is 8.00. The number of carbonyl (C=O) groups is 1. The molecule has 112 heavy (non-hydrogen) atoms. The van der Waals surface area contributed by atoms with Crippen LogP contribution < -0.4 is 37.9 Å². The van der Waals surface area contributed by atoms with E-state index in [4.69, 9.17) is 56.7 Å². The molecular weight excluding hydrogens is 1690 g/mol. The van der Waals surface area contributed by atoms with Crippen molar-refractivity contribution in [3.63, 3.8) is 0 Å². The second kappa shape index (κ2) is 36.4. The SMILES string of the molecule is C=O.CCOCOc1c(-n2c3ccccc3c3ccccc32)csc1-c1ccccc1OCCOc1ccccc1-c1scc(-n2c3ccccc3c3ccccc32)c1OCC.CCOCOc1c(-n2c3ccccc3c3ccccc32)csc1B1OC(C)(C)C(C)(C)O1.Ic1ccccc1OCCOc1ccccc1I. The van der Waals surface area contributed by atoms with Gasteiger partial charge in [-0.25, -0.2) is 0 Å². The minimum atomic E-state index is -0.497. The number of carbonyl (C=O) groups excluding carboxylic acids is 1. The van der Waals surface area contributed by atoms with Gasteiger partial charge in [-0.05, 0) is 179 Å². The molecule has 6 aromatic heterocycles. The Balaban J connectivity index is 0.000000166. The maximum absolute atomic E-state index is 8.00. The van der Waals surface area contributed by atoms with E-state index in [1.165, 1.54) is 32.3 Å². The zero-order chi connectivity index (χ0) is 77.7. The van der Waals surface area contributed by atoms with Gasteiger partial charge >= 0.3 is 7.12 Å². The first-order valence-electron chi connectivity index (χ1n) is 37.0. The van der Waals surface area contributed by atoms with Crippen LogP contribution in [0.3, 0.4) is 0 Å². The fourth-order valence-corrected chi connectivity index (χ4v) is 17.8. The van der Waals surface area contributed by atoms with E-state index < -0.39 is 18.3 Å². The highest BCUT2D eigenvalue weighted by Gasteiger charge is 2.53. The number of para-hydroxylation sites is 10. The normalized spacial score (nSPS) is 12.8. The molecule has 0 radical (unpaired) electrons. The quantitative estimate of drug-likeness (QED) is 0.0221. The van der Waals surface area contributed by atoms with Gasteiger partial charge in [-0.1, -0.05) is 158 Å². The van der Waals surface area contributed by atoms with Crippen LogP contribution in [0.4, 0.5) is 0 Å². The number of ether oxygens (including phenoxy) is 9. The Morgan fingerprint density at radius 3 is 0.982 bits per heavy atom. The van der Waals surface area contributed by atoms with Crippen molar-refractivity contribution in [3.05, 3.63) is 266 Å². The van der Waals surface area contributed by atoms with Crippen molar-refractivity contribution in [2.45, 2.75) is 59.7 Å². The first-order chi connectivity index (χ1) is 54.9. The summed E-state index contributed by atoms with van der Waals surface area (Å²) in [7, 11) is -0.497. The molecule has 16 aromatic rings. The summed E-state index contributed by atoms with van der Waals surface area (Å²) in [4.78, 5) is 9.99. The van der Waals surface area contributed by atoms with Gasteiger partial charge in [0.25, 0.3) is 0 Å². The van der Waals surface area contributed by atoms with Crippen LogP contribution in [0.2, 0.25) is 0 Å². The molecule has 1 saturated heterocycles. The average Bonchev–Trinajstić information content (AvgIpc) is 1.59. The van der Waals surface area contributed by atoms with Crippen molar-refractivity contribution >= 4 is 163 Å². The highest BCUT2D eigenvalue weighted by Crippen LogP contribution is 2.50. The van der Waals surface area contributed by atoms with E-state index >= 15 is 0 Å². The molecule has 0 aliphatic carbocycles. The molecule has 10 aromatic carbocycles. The lowest BCUT2D eigenvalue weighted by Gasteiger charge is -2.32. The first kappa shape index (κ1) is 79.0. The largest absolute Gasteiger partial charge is 0.509 e. The summed E-state index contributed by atoms with van der Waals surface area (Å²) < 4.78 is 77.6. The number of hydrogen-bond acceptors (Lipinski definition) is 15. The van der Waals surface area contributed by atoms with Gasteiger partial charge in [0.1, 0.15) is 67.6 Å². The smallest absolute Gasteiger partial charge is 0.490 e. The zero-order valence-corrected chi connectivity index (χ0v) is 70.0. The summed E-state index contributed by atoms with van der Waals surface area (Å²) in [5, 5.41) is 13.7. The van der Waals surface area contributed by atoms with E-state index in [1.807, 2.05) is 112 Å². The van der Waals surface area contributed by atoms with Crippen LogP contribution >= 0.6 is 79.2 Å². The fourth-order valence-electron chi connectivity index (χ4n) is 13.7. The molecule has 0 amide bonds. The highest BCUT2D eigenvalue weighted by atomic mass is 127. The maximum Gasteiger partial charge on any atom is 0.509 e. The van der Waals surface area contributed by atoms with Gasteiger partial charge < -0.3 is 70.4 Å². The minimum Gasteiger partial charge on any atom is -0.490 e. The van der Waals surface area contributed by atoms with Gasteiger partial charge in [0, 0.05) is 72.8 Å². The molecule has 17 rings (SSSR count). The van der Waals surface area contributed by atoms with Gasteiger partial charge in [-0.3, -0.25) is 0 Å². The third kappa shape index (κ3) is 16.4. The molecule has 21 heteroatoms. The number of benzene rings is 10. The first-order valence-corrected chi connectivity index (χ1v) is 41.8. The predicted molar refractivity (Wildman–Crippen MR) is 475 cm³/mol. The van der Waals surface area contributed by atoms with Crippen LogP contribution in [0.1, 0.15) is 48.5 Å². The van der Waals surface area contributed by atoms with Crippen LogP contribution in [0.15, 0.2) is 259 Å². The molecule has 7 heterocycles. The molecule has 0 unspecified atom stereocenters. The van der Waals surface area contributed by atoms with Gasteiger partial charge in [0.2, 0.25) is 0 Å². The Bertz CT molecular complexity index is 5680. The van der Waals surface area contributed by atoms with Crippen molar-refractivity contribution in [2.24, 2.45) is 0 Å². The van der Waals surface area contributed by atoms with Crippen molar-refractivity contribution in [2.75, 3.05) is 59.8 Å². The number of thiophene rings is 3. The standard InChI is InChI=1S/C51H42N2O5S2.C25H28BNO4S.C14H12I2O2.CH2O/c1-3-54-33-58-49-45(53-42-25-13-7-19-36(42)37-20-8-14-26-43(37)53)32-60-51(49)39-22-10-16-28-47(39)57-30-29-56-46-27-15-9-21-38(46)50-48(55-4-2)44(31-59-50)52-40-23-11-5-17-34(40)35-18-6-12-24-41(35)52;1-6-28-16-29-22-21(15-32-23(22)26-30-24(2,3)25(4,5)31-26)27-19-13-9-7-11-17(19)18-12-8-10-14-20(18)27;15-11-5-1-3-7-13(11)17-9-10-18-14-8-4-2-6-12(14)16;1-2/h5-28,31-32H,3-4,29-30,33H2,1-2H3;7-15H,6,16H2,1-5H3;1-8H,9-10H2;1H2. The van der Waals surface area contributed by atoms with Crippen LogP contribution in [-0.2, 0) is 23.6 Å². The van der Waals surface area contributed by atoms with Crippen molar-refractivity contribution in [3.8, 4) is 78.2 Å². The van der Waals surface area contributed by atoms with Crippen LogP contribution in [0, 0.1) is 7.14 Å². The molecule has 15 nitrogen and oxygen atoms in total. The Hall–Kier alpha value is -9.67. The number of fused-ring (bicyclic) bond motifs is 9. The van der Waals surface area contributed by atoms with Crippen LogP contribution in [-0.4, -0.2) is 98.6 Å². The Morgan fingerprint density at radius 1 is 0.348 bits per heavy atom. The predicted octanol–water partition coefficient (Wildman–Crippen LogP) is 23.3. The van der Waals surface area contributed by atoms with Crippen LogP contribution in [0.25, 0.3) is 103 Å². The summed E-state index contributed by atoms with van der Waals surface area (Å²) in [6.45, 7) is 20.0. The molecule has 1 aliphatic rings. The number of hydrogen-bond donors (Lipinski definition) is 0. The minimum absolute atomic E-state index is 0.135. The molecule has 1 aliphatic heterocycles. The Labute approximate surface area is 691 Å². The molecule has 0 N–H and O–H groups in total. The summed E-state index contributed by atoms with van der Waals surface area (Å²) in [5.41, 5.74) is 10.8. The van der Waals surface area contributed by atoms with Crippen molar-refractivity contribution < 1.29 is 56.7 Å². The van der Waals surface area contributed by atoms with Crippen LogP contribution in [0.5, 0.6) is 40.2 Å². The third-order valence-corrected chi connectivity index (χ3v) is 24.3. The van der Waals surface area contributed by atoms with Gasteiger partial charge in [0.15, 0.2) is 30.8 Å². The topological polar surface area (TPSA) is 133 Å². The highest BCUT2D eigenvalue weighted by molar-refractivity contribution is 14.1. The zero-order valence-electron chi connectivity index (χ0n) is 63.2. The lowest BCUT2D eigenvalue weighted by molar-refractivity contribution is -0.0980. The monoisotopic (exact) mass is 1770 g/mol. The summed E-state index contributed by atoms with van der Waals surface area (Å²) >= 11 is 9.42. The van der Waals surface area contributed by atoms with Gasteiger partial charge in [0.05, 0.1) is 78.3 Å². The molecule has 0 bridgehead atoms. The second-order valence-corrected chi connectivity index (χ2v) is 31.8. The molecule has 0 spiro atoms. The summed E-state index contributed by atoms with van der Waals surface area (Å²) in [5.74, 6) is 5.67. The van der Waals surface area contributed by atoms with E-state index in [1.54, 1.807) is 34.0 Å². The molecule has 0 atom stereocenters. The van der Waals surface area contributed by atoms with E-state index in [0.29, 0.717) is 46.2 Å². The average molecular weight is 1770 g/mol. The van der Waals surface area contributed by atoms with Gasteiger partial charge in [-0.15, -0.1) is 34.0 Å². The molecule has 570 valence electrons. The van der Waals surface area contributed by atoms with Gasteiger partial charge in [-0.2, -0.15) is 0 Å². The Morgan fingerprint density at radius 2 is 0.634 bits per heavy atom. The fraction of sp³-hybridized carbons (Fsp3) is 0.198. The molecular formula is C91H84BI2N3O12S3. The van der Waals surface area contributed by atoms with Crippen molar-refractivity contribution in [1.82, 2.24) is 13.7 Å². The molecule has 1 fully saturated rings. The van der Waals surface area contributed by atoms with E-state index in [-0.39, 0.29) is 13.6 Å². The van der Waals surface area contributed by atoms with Crippen molar-refractivity contribution in [1.29, 1.82) is 0 Å². The Kier molecular flexibility index (Phi) is 25.7. The van der Waals surface area contributed by atoms with E-state index in [0.717, 1.165) is 123 Å². The second-order valence-electron chi connectivity index (χ2n) is 26.8. The molecule has 0 saturated carbocycles.